The van der Waals surface area contributed by atoms with E-state index in [0.717, 1.165) is 47.1 Å². The van der Waals surface area contributed by atoms with Crippen LogP contribution in [0.2, 0.25) is 0 Å². The average molecular weight is 387 g/mol. The van der Waals surface area contributed by atoms with Gasteiger partial charge in [-0.25, -0.2) is 0 Å². The van der Waals surface area contributed by atoms with Gasteiger partial charge in [0.05, 0.1) is 6.21 Å². The number of nitrogens with zero attached hydrogens (tertiary/aromatic N) is 1. The predicted octanol–water partition coefficient (Wildman–Crippen LogP) is 6.06. The number of hydrogen-bond donors (Lipinski definition) is 3. The van der Waals surface area contributed by atoms with Crippen LogP contribution in [-0.4, -0.2) is 21.6 Å². The predicted molar refractivity (Wildman–Crippen MR) is 117 cm³/mol. The van der Waals surface area contributed by atoms with Crippen molar-refractivity contribution in [2.24, 2.45) is 5.16 Å². The van der Waals surface area contributed by atoms with Gasteiger partial charge in [0.15, 0.2) is 0 Å². The Morgan fingerprint density at radius 3 is 1.69 bits per heavy atom. The van der Waals surface area contributed by atoms with E-state index in [1.807, 2.05) is 48.5 Å². The van der Waals surface area contributed by atoms with Crippen molar-refractivity contribution in [3.05, 3.63) is 95.1 Å². The Bertz CT molecular complexity index is 938. The first kappa shape index (κ1) is 20.2. The van der Waals surface area contributed by atoms with Crippen LogP contribution in [0.15, 0.2) is 78.0 Å². The molecule has 0 fully saturated rings. The molecule has 4 nitrogen and oxygen atoms in total. The third-order valence-electron chi connectivity index (χ3n) is 4.86. The molecule has 0 atom stereocenters. The minimum absolute atomic E-state index is 0.224. The summed E-state index contributed by atoms with van der Waals surface area (Å²) in [5, 5.41) is 31.3. The van der Waals surface area contributed by atoms with Gasteiger partial charge in [-0.05, 0) is 70.5 Å². The van der Waals surface area contributed by atoms with Gasteiger partial charge in [0, 0.05) is 0 Å². The Hall–Kier alpha value is -3.53. The van der Waals surface area contributed by atoms with E-state index in [1.54, 1.807) is 24.3 Å². The van der Waals surface area contributed by atoms with E-state index in [4.69, 9.17) is 5.21 Å². The van der Waals surface area contributed by atoms with E-state index in [-0.39, 0.29) is 11.5 Å². The van der Waals surface area contributed by atoms with Crippen LogP contribution in [0.4, 0.5) is 0 Å². The number of aromatic hydroxyl groups is 2. The summed E-state index contributed by atoms with van der Waals surface area (Å²) in [6.45, 7) is 2.17. The molecule has 0 saturated carbocycles. The molecule has 0 heterocycles. The number of allylic oxidation sites excluding steroid dienone is 1. The lowest BCUT2D eigenvalue weighted by Crippen LogP contribution is -1.96. The van der Waals surface area contributed by atoms with Crippen LogP contribution in [0, 0.1) is 0 Å². The van der Waals surface area contributed by atoms with Crippen molar-refractivity contribution >= 4 is 17.4 Å². The van der Waals surface area contributed by atoms with E-state index in [9.17, 15) is 10.2 Å². The molecule has 0 radical (unpaired) electrons. The lowest BCUT2D eigenvalue weighted by atomic mass is 9.86. The number of phenolic OH excluding ortho intramolecular Hbond substituents is 2. The largest absolute Gasteiger partial charge is 0.508 e. The van der Waals surface area contributed by atoms with E-state index < -0.39 is 0 Å². The standard InChI is InChI=1S/C25H25NO3/c1-2-3-4-24(19-7-5-18(6-8-19)17-26-29)25(20-9-13-22(27)14-10-20)21-11-15-23(28)16-12-21/h5-17,27-29H,2-4H2,1H3/b26-17+. The molecule has 0 aromatic heterocycles. The highest BCUT2D eigenvalue weighted by molar-refractivity contribution is 5.99. The minimum atomic E-state index is 0.224. The summed E-state index contributed by atoms with van der Waals surface area (Å²) in [5.74, 6) is 0.447. The maximum Gasteiger partial charge on any atom is 0.115 e. The number of rotatable bonds is 7. The number of unbranched alkanes of at least 4 members (excludes halogenated alkanes) is 1. The lowest BCUT2D eigenvalue weighted by molar-refractivity contribution is 0.322. The van der Waals surface area contributed by atoms with E-state index >= 15 is 0 Å². The molecule has 0 saturated heterocycles. The van der Waals surface area contributed by atoms with Crippen LogP contribution in [0.5, 0.6) is 11.5 Å². The normalized spacial score (nSPS) is 10.9. The summed E-state index contributed by atoms with van der Waals surface area (Å²) in [6.07, 6.45) is 4.40. The highest BCUT2D eigenvalue weighted by atomic mass is 16.4. The maximum absolute atomic E-state index is 9.74. The molecule has 4 heteroatoms. The second kappa shape index (κ2) is 9.60. The van der Waals surface area contributed by atoms with Crippen LogP contribution in [-0.2, 0) is 0 Å². The zero-order valence-corrected chi connectivity index (χ0v) is 16.4. The molecule has 3 N–H and O–H groups in total. The molecule has 0 amide bonds. The number of oxime groups is 1. The van der Waals surface area contributed by atoms with Gasteiger partial charge in [0.25, 0.3) is 0 Å². The van der Waals surface area contributed by atoms with Gasteiger partial charge in [0.2, 0.25) is 0 Å². The average Bonchev–Trinajstić information content (AvgIpc) is 2.74. The Labute approximate surface area is 171 Å². The molecule has 0 aliphatic heterocycles. The molecule has 0 aliphatic carbocycles. The van der Waals surface area contributed by atoms with Gasteiger partial charge in [-0.3, -0.25) is 0 Å². The van der Waals surface area contributed by atoms with Crippen LogP contribution in [0.3, 0.4) is 0 Å². The first-order chi connectivity index (χ1) is 14.1. The number of benzene rings is 3. The van der Waals surface area contributed by atoms with Crippen molar-refractivity contribution in [1.82, 2.24) is 0 Å². The zero-order valence-electron chi connectivity index (χ0n) is 16.4. The maximum atomic E-state index is 9.74. The van der Waals surface area contributed by atoms with Crippen LogP contribution < -0.4 is 0 Å². The lowest BCUT2D eigenvalue weighted by Gasteiger charge is -2.18. The highest BCUT2D eigenvalue weighted by Crippen LogP contribution is 2.36. The molecule has 0 spiro atoms. The van der Waals surface area contributed by atoms with Crippen molar-refractivity contribution in [2.45, 2.75) is 26.2 Å². The summed E-state index contributed by atoms with van der Waals surface area (Å²) in [4.78, 5) is 0. The summed E-state index contributed by atoms with van der Waals surface area (Å²) in [7, 11) is 0. The van der Waals surface area contributed by atoms with Gasteiger partial charge in [0.1, 0.15) is 11.5 Å². The zero-order chi connectivity index (χ0) is 20.6. The van der Waals surface area contributed by atoms with Gasteiger partial charge in [-0.2, -0.15) is 0 Å². The molecule has 0 aliphatic rings. The molecular formula is C25H25NO3. The number of hydrogen-bond acceptors (Lipinski definition) is 4. The van der Waals surface area contributed by atoms with E-state index in [1.165, 1.54) is 11.8 Å². The third kappa shape index (κ3) is 5.05. The van der Waals surface area contributed by atoms with Crippen LogP contribution in [0.1, 0.15) is 48.4 Å². The van der Waals surface area contributed by atoms with Gasteiger partial charge >= 0.3 is 0 Å². The topological polar surface area (TPSA) is 73.0 Å². The minimum Gasteiger partial charge on any atom is -0.508 e. The van der Waals surface area contributed by atoms with Gasteiger partial charge in [-0.15, -0.1) is 0 Å². The van der Waals surface area contributed by atoms with Gasteiger partial charge in [-0.1, -0.05) is 67.0 Å². The first-order valence-corrected chi connectivity index (χ1v) is 9.72. The van der Waals surface area contributed by atoms with Crippen molar-refractivity contribution in [3.63, 3.8) is 0 Å². The monoisotopic (exact) mass is 387 g/mol. The third-order valence-corrected chi connectivity index (χ3v) is 4.86. The Kier molecular flexibility index (Phi) is 6.69. The molecule has 3 rings (SSSR count). The van der Waals surface area contributed by atoms with E-state index in [2.05, 4.69) is 12.1 Å². The SMILES string of the molecule is CCCCC(=C(c1ccc(O)cc1)c1ccc(O)cc1)c1ccc(/C=N/O)cc1. The van der Waals surface area contributed by atoms with Crippen molar-refractivity contribution in [3.8, 4) is 11.5 Å². The molecule has 3 aromatic carbocycles. The van der Waals surface area contributed by atoms with E-state index in [0.29, 0.717) is 0 Å². The Balaban J connectivity index is 2.22. The van der Waals surface area contributed by atoms with Gasteiger partial charge < -0.3 is 15.4 Å². The molecule has 148 valence electrons. The summed E-state index contributed by atoms with van der Waals surface area (Å²) in [5.41, 5.74) is 6.17. The fraction of sp³-hybridized carbons (Fsp3) is 0.160. The van der Waals surface area contributed by atoms with Crippen molar-refractivity contribution in [2.75, 3.05) is 0 Å². The summed E-state index contributed by atoms with van der Waals surface area (Å²) in [6, 6.07) is 22.3. The number of phenols is 2. The molecule has 3 aromatic rings. The van der Waals surface area contributed by atoms with Crippen molar-refractivity contribution < 1.29 is 15.4 Å². The quantitative estimate of drug-likeness (QED) is 0.200. The van der Waals surface area contributed by atoms with Crippen LogP contribution in [0.25, 0.3) is 11.1 Å². The Morgan fingerprint density at radius 1 is 0.759 bits per heavy atom. The Morgan fingerprint density at radius 2 is 1.24 bits per heavy atom. The smallest absolute Gasteiger partial charge is 0.115 e. The molecular weight excluding hydrogens is 362 g/mol. The van der Waals surface area contributed by atoms with Crippen molar-refractivity contribution in [1.29, 1.82) is 0 Å². The molecule has 0 unspecified atom stereocenters. The second-order valence-corrected chi connectivity index (χ2v) is 6.92. The fourth-order valence-corrected chi connectivity index (χ4v) is 3.38. The first-order valence-electron chi connectivity index (χ1n) is 9.72. The second-order valence-electron chi connectivity index (χ2n) is 6.92. The molecule has 29 heavy (non-hydrogen) atoms. The summed E-state index contributed by atoms with van der Waals surface area (Å²) < 4.78 is 0. The fourth-order valence-electron chi connectivity index (χ4n) is 3.38. The van der Waals surface area contributed by atoms with Crippen LogP contribution >= 0.6 is 0 Å². The molecule has 0 bridgehead atoms. The summed E-state index contributed by atoms with van der Waals surface area (Å²) >= 11 is 0. The highest BCUT2D eigenvalue weighted by Gasteiger charge is 2.14.